The molecule has 90 valence electrons. The van der Waals surface area contributed by atoms with Gasteiger partial charge in [0.15, 0.2) is 0 Å². The van der Waals surface area contributed by atoms with Crippen LogP contribution in [0, 0.1) is 6.92 Å². The second-order valence-electron chi connectivity index (χ2n) is 4.44. The largest absolute Gasteiger partial charge is 0.392 e. The van der Waals surface area contributed by atoms with Gasteiger partial charge >= 0.3 is 0 Å². The van der Waals surface area contributed by atoms with E-state index in [1.54, 1.807) is 13.8 Å². The molecule has 0 saturated carbocycles. The average Bonchev–Trinajstić information content (AvgIpc) is 2.16. The van der Waals surface area contributed by atoms with Crippen molar-refractivity contribution >= 4 is 5.69 Å². The summed E-state index contributed by atoms with van der Waals surface area (Å²) in [4.78, 5) is 1.99. The van der Waals surface area contributed by atoms with Crippen LogP contribution < -0.4 is 4.90 Å². The van der Waals surface area contributed by atoms with Crippen LogP contribution in [0.15, 0.2) is 24.3 Å². The lowest BCUT2D eigenvalue weighted by Crippen LogP contribution is -2.36. The van der Waals surface area contributed by atoms with Gasteiger partial charge in [-0.25, -0.2) is 0 Å². The first-order valence-corrected chi connectivity index (χ1v) is 5.67. The van der Waals surface area contributed by atoms with Gasteiger partial charge in [-0.15, -0.1) is 0 Å². The van der Waals surface area contributed by atoms with Crippen LogP contribution in [-0.4, -0.2) is 35.5 Å². The van der Waals surface area contributed by atoms with E-state index in [0.29, 0.717) is 13.1 Å². The molecule has 0 aliphatic heterocycles. The molecular formula is C13H21NO2. The summed E-state index contributed by atoms with van der Waals surface area (Å²) in [5.74, 6) is 0. The second-order valence-corrected chi connectivity index (χ2v) is 4.44. The highest BCUT2D eigenvalue weighted by Crippen LogP contribution is 2.15. The van der Waals surface area contributed by atoms with Gasteiger partial charge in [0, 0.05) is 18.8 Å². The zero-order valence-electron chi connectivity index (χ0n) is 10.2. The third-order valence-corrected chi connectivity index (χ3v) is 2.37. The molecule has 1 aromatic rings. The predicted octanol–water partition coefficient (Wildman–Crippen LogP) is 1.56. The molecule has 0 bridgehead atoms. The summed E-state index contributed by atoms with van der Waals surface area (Å²) in [6.07, 6.45) is -0.805. The normalized spacial score (nSPS) is 14.6. The van der Waals surface area contributed by atoms with Crippen molar-refractivity contribution in [3.63, 3.8) is 0 Å². The predicted molar refractivity (Wildman–Crippen MR) is 66.8 cm³/mol. The van der Waals surface area contributed by atoms with Crippen molar-refractivity contribution in [3.05, 3.63) is 29.8 Å². The van der Waals surface area contributed by atoms with E-state index in [1.807, 2.05) is 36.1 Å². The maximum atomic E-state index is 9.43. The van der Waals surface area contributed by atoms with Crippen LogP contribution >= 0.6 is 0 Å². The molecule has 16 heavy (non-hydrogen) atoms. The fourth-order valence-corrected chi connectivity index (χ4v) is 1.68. The molecule has 0 aliphatic carbocycles. The lowest BCUT2D eigenvalue weighted by molar-refractivity contribution is 0.178. The standard InChI is InChI=1S/C13H21NO2/c1-10-4-6-13(7-5-10)14(8-11(2)15)9-12(3)16/h4-7,11-12,15-16H,8-9H2,1-3H3/t11-,12+. The number of aliphatic hydroxyl groups excluding tert-OH is 2. The van der Waals surface area contributed by atoms with E-state index in [1.165, 1.54) is 5.56 Å². The molecule has 0 saturated heterocycles. The average molecular weight is 223 g/mol. The monoisotopic (exact) mass is 223 g/mol. The second kappa shape index (κ2) is 5.87. The Morgan fingerprint density at radius 2 is 1.44 bits per heavy atom. The first-order valence-electron chi connectivity index (χ1n) is 5.67. The minimum absolute atomic E-state index is 0.403. The summed E-state index contributed by atoms with van der Waals surface area (Å²) in [5, 5.41) is 18.9. The van der Waals surface area contributed by atoms with Gasteiger partial charge in [0.05, 0.1) is 12.2 Å². The zero-order valence-corrected chi connectivity index (χ0v) is 10.2. The molecule has 3 heteroatoms. The van der Waals surface area contributed by atoms with Gasteiger partial charge in [0.25, 0.3) is 0 Å². The zero-order chi connectivity index (χ0) is 12.1. The maximum Gasteiger partial charge on any atom is 0.0687 e. The number of anilines is 1. The Hall–Kier alpha value is -1.06. The fourth-order valence-electron chi connectivity index (χ4n) is 1.68. The summed E-state index contributed by atoms with van der Waals surface area (Å²) in [6, 6.07) is 8.10. The molecule has 0 radical (unpaired) electrons. The quantitative estimate of drug-likeness (QED) is 0.796. The molecule has 0 fully saturated rings. The molecule has 0 heterocycles. The number of aliphatic hydroxyl groups is 2. The molecule has 1 aromatic carbocycles. The maximum absolute atomic E-state index is 9.43. The Morgan fingerprint density at radius 1 is 1.00 bits per heavy atom. The van der Waals surface area contributed by atoms with Crippen LogP contribution in [0.3, 0.4) is 0 Å². The molecule has 0 aromatic heterocycles. The molecule has 0 unspecified atom stereocenters. The lowest BCUT2D eigenvalue weighted by Gasteiger charge is -2.27. The van der Waals surface area contributed by atoms with E-state index in [0.717, 1.165) is 5.69 Å². The number of nitrogens with zero attached hydrogens (tertiary/aromatic N) is 1. The van der Waals surface area contributed by atoms with Crippen molar-refractivity contribution in [1.82, 2.24) is 0 Å². The number of benzene rings is 1. The van der Waals surface area contributed by atoms with E-state index in [9.17, 15) is 10.2 Å². The molecule has 0 aliphatic rings. The third kappa shape index (κ3) is 4.21. The van der Waals surface area contributed by atoms with Crippen LogP contribution in [0.4, 0.5) is 5.69 Å². The highest BCUT2D eigenvalue weighted by atomic mass is 16.3. The minimum Gasteiger partial charge on any atom is -0.392 e. The van der Waals surface area contributed by atoms with Gasteiger partial charge < -0.3 is 15.1 Å². The molecule has 1 rings (SSSR count). The molecule has 0 amide bonds. The van der Waals surface area contributed by atoms with E-state index in [-0.39, 0.29) is 0 Å². The third-order valence-electron chi connectivity index (χ3n) is 2.37. The fraction of sp³-hybridized carbons (Fsp3) is 0.538. The number of aryl methyl sites for hydroxylation is 1. The molecule has 2 N–H and O–H groups in total. The highest BCUT2D eigenvalue weighted by Gasteiger charge is 2.11. The topological polar surface area (TPSA) is 43.7 Å². The summed E-state index contributed by atoms with van der Waals surface area (Å²) in [7, 11) is 0. The molecular weight excluding hydrogens is 202 g/mol. The van der Waals surface area contributed by atoms with Gasteiger partial charge in [-0.05, 0) is 32.9 Å². The van der Waals surface area contributed by atoms with Crippen LogP contribution in [0.25, 0.3) is 0 Å². The Balaban J connectivity index is 2.78. The van der Waals surface area contributed by atoms with Gasteiger partial charge in [-0.2, -0.15) is 0 Å². The van der Waals surface area contributed by atoms with Crippen LogP contribution in [-0.2, 0) is 0 Å². The van der Waals surface area contributed by atoms with Crippen molar-refractivity contribution in [2.75, 3.05) is 18.0 Å². The smallest absolute Gasteiger partial charge is 0.0687 e. The Kier molecular flexibility index (Phi) is 4.77. The number of hydrogen-bond donors (Lipinski definition) is 2. The van der Waals surface area contributed by atoms with Gasteiger partial charge in [-0.1, -0.05) is 17.7 Å². The molecule has 0 spiro atoms. The van der Waals surface area contributed by atoms with Gasteiger partial charge in [-0.3, -0.25) is 0 Å². The first kappa shape index (κ1) is 13.0. The summed E-state index contributed by atoms with van der Waals surface area (Å²) in [5.41, 5.74) is 2.24. The van der Waals surface area contributed by atoms with E-state index >= 15 is 0 Å². The van der Waals surface area contributed by atoms with Gasteiger partial charge in [0.1, 0.15) is 0 Å². The minimum atomic E-state index is -0.403. The van der Waals surface area contributed by atoms with Crippen molar-refractivity contribution in [2.24, 2.45) is 0 Å². The number of rotatable bonds is 5. The van der Waals surface area contributed by atoms with E-state index in [2.05, 4.69) is 0 Å². The Bertz CT molecular complexity index is 296. The van der Waals surface area contributed by atoms with Crippen LogP contribution in [0.5, 0.6) is 0 Å². The van der Waals surface area contributed by atoms with E-state index < -0.39 is 12.2 Å². The lowest BCUT2D eigenvalue weighted by atomic mass is 10.2. The van der Waals surface area contributed by atoms with Crippen LogP contribution in [0.1, 0.15) is 19.4 Å². The molecule has 2 atom stereocenters. The van der Waals surface area contributed by atoms with E-state index in [4.69, 9.17) is 0 Å². The van der Waals surface area contributed by atoms with Gasteiger partial charge in [0.2, 0.25) is 0 Å². The van der Waals surface area contributed by atoms with Crippen molar-refractivity contribution in [2.45, 2.75) is 33.0 Å². The molecule has 3 nitrogen and oxygen atoms in total. The summed E-state index contributed by atoms with van der Waals surface area (Å²) in [6.45, 7) is 6.62. The summed E-state index contributed by atoms with van der Waals surface area (Å²) < 4.78 is 0. The first-order chi connectivity index (χ1) is 7.49. The Morgan fingerprint density at radius 3 is 1.81 bits per heavy atom. The number of hydrogen-bond acceptors (Lipinski definition) is 3. The van der Waals surface area contributed by atoms with Crippen molar-refractivity contribution in [1.29, 1.82) is 0 Å². The SMILES string of the molecule is Cc1ccc(N(C[C@H](C)O)C[C@@H](C)O)cc1. The van der Waals surface area contributed by atoms with Crippen LogP contribution in [0.2, 0.25) is 0 Å². The van der Waals surface area contributed by atoms with Crippen molar-refractivity contribution < 1.29 is 10.2 Å². The Labute approximate surface area is 97.3 Å². The highest BCUT2D eigenvalue weighted by molar-refractivity contribution is 5.47. The van der Waals surface area contributed by atoms with Crippen molar-refractivity contribution in [3.8, 4) is 0 Å². The summed E-state index contributed by atoms with van der Waals surface area (Å²) >= 11 is 0.